The fourth-order valence-corrected chi connectivity index (χ4v) is 5.17. The van der Waals surface area contributed by atoms with Crippen molar-refractivity contribution in [2.75, 3.05) is 43.2 Å². The van der Waals surface area contributed by atoms with Crippen LogP contribution in [0.4, 0.5) is 11.4 Å². The maximum Gasteiger partial charge on any atom is 0.258 e. The van der Waals surface area contributed by atoms with E-state index in [2.05, 4.69) is 5.32 Å². The molecule has 1 saturated heterocycles. The first-order valence-electron chi connectivity index (χ1n) is 10.6. The highest BCUT2D eigenvalue weighted by Gasteiger charge is 2.31. The Balaban J connectivity index is 1.48. The summed E-state index contributed by atoms with van der Waals surface area (Å²) < 4.78 is 30.2. The molecule has 32 heavy (non-hydrogen) atoms. The molecule has 4 rings (SSSR count). The SMILES string of the molecule is COc1ccc(C(=O)N2CCc3ccc(NC(=O)[C@@H]4CCCN(S(C)(=O)=O)C4)cc32)cc1. The largest absolute Gasteiger partial charge is 0.497 e. The Hall–Kier alpha value is -2.91. The van der Waals surface area contributed by atoms with Gasteiger partial charge in [0.05, 0.1) is 19.3 Å². The summed E-state index contributed by atoms with van der Waals surface area (Å²) in [6, 6.07) is 12.6. The third-order valence-electron chi connectivity index (χ3n) is 6.05. The molecule has 0 radical (unpaired) electrons. The highest BCUT2D eigenvalue weighted by atomic mass is 32.2. The van der Waals surface area contributed by atoms with Crippen molar-refractivity contribution in [2.24, 2.45) is 5.92 Å². The van der Waals surface area contributed by atoms with Gasteiger partial charge in [-0.25, -0.2) is 12.7 Å². The summed E-state index contributed by atoms with van der Waals surface area (Å²) in [4.78, 5) is 27.6. The number of hydrogen-bond donors (Lipinski definition) is 1. The monoisotopic (exact) mass is 457 g/mol. The molecule has 1 fully saturated rings. The molecule has 170 valence electrons. The molecule has 0 unspecified atom stereocenters. The van der Waals surface area contributed by atoms with Gasteiger partial charge in [-0.1, -0.05) is 6.07 Å². The summed E-state index contributed by atoms with van der Waals surface area (Å²) in [5.74, 6) is -0.0235. The van der Waals surface area contributed by atoms with Gasteiger partial charge in [-0.2, -0.15) is 0 Å². The Bertz CT molecular complexity index is 1130. The van der Waals surface area contributed by atoms with Crippen LogP contribution in [0.2, 0.25) is 0 Å². The van der Waals surface area contributed by atoms with E-state index in [0.29, 0.717) is 42.9 Å². The number of rotatable bonds is 5. The van der Waals surface area contributed by atoms with Gasteiger partial charge in [0.1, 0.15) is 5.75 Å². The molecule has 1 atom stereocenters. The number of sulfonamides is 1. The van der Waals surface area contributed by atoms with Gasteiger partial charge in [0.15, 0.2) is 0 Å². The number of nitrogens with one attached hydrogen (secondary N) is 1. The van der Waals surface area contributed by atoms with Gasteiger partial charge in [0.25, 0.3) is 5.91 Å². The number of carbonyl (C=O) groups is 2. The lowest BCUT2D eigenvalue weighted by Gasteiger charge is -2.30. The molecule has 2 aliphatic rings. The Labute approximate surface area is 188 Å². The number of methoxy groups -OCH3 is 1. The van der Waals surface area contributed by atoms with Crippen LogP contribution in [0.15, 0.2) is 42.5 Å². The summed E-state index contributed by atoms with van der Waals surface area (Å²) in [5.41, 5.74) is 2.99. The van der Waals surface area contributed by atoms with Gasteiger partial charge in [0.2, 0.25) is 15.9 Å². The van der Waals surface area contributed by atoms with Crippen LogP contribution >= 0.6 is 0 Å². The molecule has 2 aliphatic heterocycles. The van der Waals surface area contributed by atoms with E-state index >= 15 is 0 Å². The molecular weight excluding hydrogens is 430 g/mol. The Kier molecular flexibility index (Phi) is 6.21. The van der Waals surface area contributed by atoms with Crippen LogP contribution in [0, 0.1) is 5.92 Å². The maximum atomic E-state index is 13.1. The smallest absolute Gasteiger partial charge is 0.258 e. The van der Waals surface area contributed by atoms with Crippen LogP contribution in [-0.4, -0.2) is 57.5 Å². The summed E-state index contributed by atoms with van der Waals surface area (Å²) >= 11 is 0. The molecule has 2 heterocycles. The van der Waals surface area contributed by atoms with Crippen LogP contribution < -0.4 is 15.0 Å². The minimum absolute atomic E-state index is 0.106. The van der Waals surface area contributed by atoms with Crippen LogP contribution in [0.25, 0.3) is 0 Å². The fraction of sp³-hybridized carbons (Fsp3) is 0.391. The average molecular weight is 458 g/mol. The van der Waals surface area contributed by atoms with Crippen molar-refractivity contribution in [3.8, 4) is 5.75 Å². The maximum absolute atomic E-state index is 13.1. The summed E-state index contributed by atoms with van der Waals surface area (Å²) in [7, 11) is -1.74. The second kappa shape index (κ2) is 8.91. The third-order valence-corrected chi connectivity index (χ3v) is 7.32. The second-order valence-corrected chi connectivity index (χ2v) is 10.2. The van der Waals surface area contributed by atoms with Gasteiger partial charge >= 0.3 is 0 Å². The van der Waals surface area contributed by atoms with Gasteiger partial charge < -0.3 is 15.0 Å². The molecule has 0 bridgehead atoms. The molecular formula is C23H27N3O5S. The molecule has 2 aromatic rings. The first kappa shape index (κ1) is 22.3. The summed E-state index contributed by atoms with van der Waals surface area (Å²) in [6.45, 7) is 1.21. The molecule has 0 aliphatic carbocycles. The zero-order chi connectivity index (χ0) is 22.9. The average Bonchev–Trinajstić information content (AvgIpc) is 3.21. The lowest BCUT2D eigenvalue weighted by Crippen LogP contribution is -2.43. The van der Waals surface area contributed by atoms with Gasteiger partial charge in [-0.3, -0.25) is 9.59 Å². The zero-order valence-electron chi connectivity index (χ0n) is 18.2. The number of carbonyl (C=O) groups excluding carboxylic acids is 2. The number of fused-ring (bicyclic) bond motifs is 1. The van der Waals surface area contributed by atoms with Crippen molar-refractivity contribution in [2.45, 2.75) is 19.3 Å². The third kappa shape index (κ3) is 4.63. The van der Waals surface area contributed by atoms with E-state index < -0.39 is 15.9 Å². The van der Waals surface area contributed by atoms with Crippen molar-refractivity contribution in [3.05, 3.63) is 53.6 Å². The van der Waals surface area contributed by atoms with Gasteiger partial charge in [-0.15, -0.1) is 0 Å². The second-order valence-electron chi connectivity index (χ2n) is 8.23. The Morgan fingerprint density at radius 3 is 2.53 bits per heavy atom. The fourth-order valence-electron chi connectivity index (χ4n) is 4.26. The van der Waals surface area contributed by atoms with E-state index in [1.807, 2.05) is 18.2 Å². The number of ether oxygens (including phenoxy) is 1. The van der Waals surface area contributed by atoms with Crippen molar-refractivity contribution >= 4 is 33.2 Å². The standard InChI is InChI=1S/C23H27N3O5S/c1-31-20-9-6-17(7-10-20)23(28)26-13-11-16-5-8-19(14-21(16)26)24-22(27)18-4-3-12-25(15-18)32(2,29)30/h5-10,14,18H,3-4,11-13,15H2,1-2H3,(H,24,27)/t18-/m1/s1. The van der Waals surface area contributed by atoms with Crippen molar-refractivity contribution in [1.82, 2.24) is 4.31 Å². The van der Waals surface area contributed by atoms with Crippen LogP contribution in [0.1, 0.15) is 28.8 Å². The van der Waals surface area contributed by atoms with E-state index in [1.165, 1.54) is 10.6 Å². The topological polar surface area (TPSA) is 96.0 Å². The van der Waals surface area contributed by atoms with E-state index in [9.17, 15) is 18.0 Å². The number of amides is 2. The predicted octanol–water partition coefficient (Wildman–Crippen LogP) is 2.51. The Morgan fingerprint density at radius 1 is 1.09 bits per heavy atom. The van der Waals surface area contributed by atoms with Crippen LogP contribution in [0.5, 0.6) is 5.75 Å². The number of benzene rings is 2. The van der Waals surface area contributed by atoms with Gasteiger partial charge in [-0.05, 0) is 61.2 Å². The van der Waals surface area contributed by atoms with Crippen molar-refractivity contribution < 1.29 is 22.7 Å². The lowest BCUT2D eigenvalue weighted by atomic mass is 9.98. The van der Waals surface area contributed by atoms with E-state index in [1.54, 1.807) is 36.3 Å². The highest BCUT2D eigenvalue weighted by Crippen LogP contribution is 2.32. The molecule has 2 aromatic carbocycles. The number of anilines is 2. The molecule has 2 amide bonds. The van der Waals surface area contributed by atoms with Gasteiger partial charge in [0, 0.05) is 36.6 Å². The van der Waals surface area contributed by atoms with E-state index in [-0.39, 0.29) is 18.4 Å². The normalized spacial score (nSPS) is 18.8. The van der Waals surface area contributed by atoms with Crippen molar-refractivity contribution in [1.29, 1.82) is 0 Å². The zero-order valence-corrected chi connectivity index (χ0v) is 19.0. The minimum Gasteiger partial charge on any atom is -0.497 e. The number of nitrogens with zero attached hydrogens (tertiary/aromatic N) is 2. The molecule has 1 N–H and O–H groups in total. The molecule has 0 spiro atoms. The molecule has 8 nitrogen and oxygen atoms in total. The van der Waals surface area contributed by atoms with E-state index in [0.717, 1.165) is 17.7 Å². The van der Waals surface area contributed by atoms with Crippen LogP contribution in [0.3, 0.4) is 0 Å². The lowest BCUT2D eigenvalue weighted by molar-refractivity contribution is -0.120. The molecule has 9 heteroatoms. The first-order valence-corrected chi connectivity index (χ1v) is 12.5. The van der Waals surface area contributed by atoms with Crippen LogP contribution in [-0.2, 0) is 21.2 Å². The number of piperidine rings is 1. The summed E-state index contributed by atoms with van der Waals surface area (Å²) in [6.07, 6.45) is 3.21. The molecule has 0 saturated carbocycles. The Morgan fingerprint density at radius 2 is 1.84 bits per heavy atom. The highest BCUT2D eigenvalue weighted by molar-refractivity contribution is 7.88. The minimum atomic E-state index is -3.32. The summed E-state index contributed by atoms with van der Waals surface area (Å²) in [5, 5.41) is 2.91. The molecule has 0 aromatic heterocycles. The van der Waals surface area contributed by atoms with E-state index in [4.69, 9.17) is 4.74 Å². The quantitative estimate of drug-likeness (QED) is 0.744. The van der Waals surface area contributed by atoms with Crippen molar-refractivity contribution in [3.63, 3.8) is 0 Å². The predicted molar refractivity (Wildman–Crippen MR) is 123 cm³/mol. The first-order chi connectivity index (χ1) is 15.3. The number of hydrogen-bond acceptors (Lipinski definition) is 5.